The molecule has 0 spiro atoms. The van der Waals surface area contributed by atoms with E-state index in [1.165, 1.54) is 5.41 Å². The van der Waals surface area contributed by atoms with Crippen molar-refractivity contribution < 1.29 is 8.42 Å². The second kappa shape index (κ2) is 7.63. The van der Waals surface area contributed by atoms with Crippen molar-refractivity contribution in [1.82, 2.24) is 19.5 Å². The molecule has 0 aliphatic carbocycles. The second-order valence-corrected chi connectivity index (χ2v) is 7.61. The van der Waals surface area contributed by atoms with Gasteiger partial charge in [-0.1, -0.05) is 29.8 Å². The van der Waals surface area contributed by atoms with Gasteiger partial charge in [-0.15, -0.1) is 0 Å². The number of aryl methyl sites for hydroxylation is 2. The van der Waals surface area contributed by atoms with Gasteiger partial charge in [0.05, 0.1) is 17.9 Å². The van der Waals surface area contributed by atoms with Gasteiger partial charge in [-0.2, -0.15) is 5.10 Å². The number of nitrogens with one attached hydrogen (secondary N) is 1. The molecule has 0 saturated heterocycles. The molecule has 2 heterocycles. The van der Waals surface area contributed by atoms with Crippen LogP contribution < -0.4 is 4.72 Å². The highest BCUT2D eigenvalue weighted by atomic mass is 32.2. The van der Waals surface area contributed by atoms with Gasteiger partial charge in [0.1, 0.15) is 0 Å². The summed E-state index contributed by atoms with van der Waals surface area (Å²) in [4.78, 5) is 4.00. The third-order valence-electron chi connectivity index (χ3n) is 3.88. The molecule has 0 saturated carbocycles. The van der Waals surface area contributed by atoms with E-state index in [1.54, 1.807) is 23.2 Å². The van der Waals surface area contributed by atoms with Gasteiger partial charge in [0.2, 0.25) is 10.0 Å². The minimum atomic E-state index is -3.55. The number of rotatable bonds is 6. The van der Waals surface area contributed by atoms with Crippen molar-refractivity contribution in [3.63, 3.8) is 0 Å². The summed E-state index contributed by atoms with van der Waals surface area (Å²) in [5, 5.41) is 5.53. The molecule has 0 aliphatic rings. The Morgan fingerprint density at radius 1 is 1.12 bits per heavy atom. The molecule has 3 rings (SSSR count). The lowest BCUT2D eigenvalue weighted by Gasteiger charge is -2.00. The number of sulfonamides is 1. The van der Waals surface area contributed by atoms with Crippen LogP contribution in [0.25, 0.3) is 17.3 Å². The van der Waals surface area contributed by atoms with Crippen molar-refractivity contribution in [2.24, 2.45) is 7.05 Å². The normalized spacial score (nSPS) is 11.9. The maximum Gasteiger partial charge on any atom is 0.234 e. The topological polar surface area (TPSA) is 76.9 Å². The number of pyridine rings is 1. The van der Waals surface area contributed by atoms with Gasteiger partial charge in [0.15, 0.2) is 0 Å². The Labute approximate surface area is 153 Å². The summed E-state index contributed by atoms with van der Waals surface area (Å²) in [5.41, 5.74) is 4.48. The molecule has 0 aliphatic heterocycles. The molecular weight excluding hydrogens is 348 g/mol. The SMILES string of the molecule is Cc1ccc(/C=C/S(=O)(=O)NCc2cc(-c3ccncc3)n(C)n2)cc1. The number of aromatic nitrogens is 3. The molecule has 0 unspecified atom stereocenters. The van der Waals surface area contributed by atoms with E-state index in [2.05, 4.69) is 14.8 Å². The van der Waals surface area contributed by atoms with Crippen molar-refractivity contribution >= 4 is 16.1 Å². The number of benzene rings is 1. The number of hydrogen-bond acceptors (Lipinski definition) is 4. The first kappa shape index (κ1) is 18.0. The molecule has 1 aromatic carbocycles. The first-order chi connectivity index (χ1) is 12.4. The highest BCUT2D eigenvalue weighted by Gasteiger charge is 2.10. The van der Waals surface area contributed by atoms with Crippen LogP contribution in [0, 0.1) is 6.92 Å². The molecule has 6 nitrogen and oxygen atoms in total. The average Bonchev–Trinajstić information content (AvgIpc) is 3.01. The van der Waals surface area contributed by atoms with E-state index in [-0.39, 0.29) is 6.54 Å². The van der Waals surface area contributed by atoms with Gasteiger partial charge in [-0.05, 0) is 36.8 Å². The van der Waals surface area contributed by atoms with E-state index in [9.17, 15) is 8.42 Å². The highest BCUT2D eigenvalue weighted by molar-refractivity contribution is 7.92. The van der Waals surface area contributed by atoms with Gasteiger partial charge < -0.3 is 0 Å². The Bertz CT molecular complexity index is 1010. The van der Waals surface area contributed by atoms with Crippen molar-refractivity contribution in [2.75, 3.05) is 0 Å². The first-order valence-electron chi connectivity index (χ1n) is 8.11. The van der Waals surface area contributed by atoms with E-state index in [1.807, 2.05) is 56.4 Å². The molecule has 0 bridgehead atoms. The third-order valence-corrected chi connectivity index (χ3v) is 4.92. The summed E-state index contributed by atoms with van der Waals surface area (Å²) in [5.74, 6) is 0. The number of hydrogen-bond donors (Lipinski definition) is 1. The summed E-state index contributed by atoms with van der Waals surface area (Å²) < 4.78 is 28.6. The molecular formula is C19H20N4O2S. The van der Waals surface area contributed by atoms with Gasteiger partial charge >= 0.3 is 0 Å². The van der Waals surface area contributed by atoms with Gasteiger partial charge in [0, 0.05) is 30.4 Å². The van der Waals surface area contributed by atoms with E-state index in [0.29, 0.717) is 5.69 Å². The Kier molecular flexibility index (Phi) is 5.29. The first-order valence-corrected chi connectivity index (χ1v) is 9.65. The van der Waals surface area contributed by atoms with Gasteiger partial charge in [0.25, 0.3) is 0 Å². The maximum absolute atomic E-state index is 12.2. The summed E-state index contributed by atoms with van der Waals surface area (Å²) in [6, 6.07) is 13.3. The molecule has 1 N–H and O–H groups in total. The smallest absolute Gasteiger partial charge is 0.234 e. The highest BCUT2D eigenvalue weighted by Crippen LogP contribution is 2.18. The summed E-state index contributed by atoms with van der Waals surface area (Å²) >= 11 is 0. The minimum Gasteiger partial charge on any atom is -0.268 e. The molecule has 26 heavy (non-hydrogen) atoms. The van der Waals surface area contributed by atoms with Crippen LogP contribution in [0.3, 0.4) is 0 Å². The lowest BCUT2D eigenvalue weighted by molar-refractivity contribution is 0.589. The summed E-state index contributed by atoms with van der Waals surface area (Å²) in [7, 11) is -1.72. The third kappa shape index (κ3) is 4.65. The Morgan fingerprint density at radius 2 is 1.81 bits per heavy atom. The van der Waals surface area contributed by atoms with Crippen molar-refractivity contribution in [2.45, 2.75) is 13.5 Å². The van der Waals surface area contributed by atoms with Crippen LogP contribution in [0.15, 0.2) is 60.3 Å². The minimum absolute atomic E-state index is 0.124. The van der Waals surface area contributed by atoms with Gasteiger partial charge in [-0.25, -0.2) is 13.1 Å². The lowest BCUT2D eigenvalue weighted by Crippen LogP contribution is -2.20. The second-order valence-electron chi connectivity index (χ2n) is 5.96. The zero-order valence-electron chi connectivity index (χ0n) is 14.6. The fourth-order valence-electron chi connectivity index (χ4n) is 2.47. The standard InChI is InChI=1S/C19H20N4O2S/c1-15-3-5-16(6-4-15)9-12-26(24,25)21-14-18-13-19(23(2)22-18)17-7-10-20-11-8-17/h3-13,21H,14H2,1-2H3/b12-9+. The van der Waals surface area contributed by atoms with E-state index in [4.69, 9.17) is 0 Å². The van der Waals surface area contributed by atoms with E-state index in [0.717, 1.165) is 22.4 Å². The monoisotopic (exact) mass is 368 g/mol. The zero-order chi connectivity index (χ0) is 18.6. The van der Waals surface area contributed by atoms with E-state index >= 15 is 0 Å². The number of nitrogens with zero attached hydrogens (tertiary/aromatic N) is 3. The Hall–Kier alpha value is -2.77. The largest absolute Gasteiger partial charge is 0.268 e. The molecule has 134 valence electrons. The molecule has 0 amide bonds. The molecule has 7 heteroatoms. The molecule has 0 radical (unpaired) electrons. The van der Waals surface area contributed by atoms with Crippen molar-refractivity contribution in [3.8, 4) is 11.3 Å². The fraction of sp³-hybridized carbons (Fsp3) is 0.158. The molecule has 3 aromatic rings. The van der Waals surface area contributed by atoms with Crippen LogP contribution in [0.4, 0.5) is 0 Å². The maximum atomic E-state index is 12.2. The van der Waals surface area contributed by atoms with Crippen LogP contribution in [0.1, 0.15) is 16.8 Å². The zero-order valence-corrected chi connectivity index (χ0v) is 15.4. The van der Waals surface area contributed by atoms with Crippen LogP contribution in [0.5, 0.6) is 0 Å². The Morgan fingerprint density at radius 3 is 2.50 bits per heavy atom. The fourth-order valence-corrected chi connectivity index (χ4v) is 3.26. The summed E-state index contributed by atoms with van der Waals surface area (Å²) in [6.45, 7) is 2.11. The van der Waals surface area contributed by atoms with E-state index < -0.39 is 10.0 Å². The quantitative estimate of drug-likeness (QED) is 0.726. The lowest BCUT2D eigenvalue weighted by atomic mass is 10.2. The van der Waals surface area contributed by atoms with Crippen LogP contribution in [0.2, 0.25) is 0 Å². The van der Waals surface area contributed by atoms with Crippen LogP contribution >= 0.6 is 0 Å². The summed E-state index contributed by atoms with van der Waals surface area (Å²) in [6.07, 6.45) is 4.99. The molecule has 0 fully saturated rings. The predicted molar refractivity (Wildman–Crippen MR) is 102 cm³/mol. The van der Waals surface area contributed by atoms with Crippen LogP contribution in [-0.2, 0) is 23.6 Å². The average molecular weight is 368 g/mol. The predicted octanol–water partition coefficient (Wildman–Crippen LogP) is 2.88. The van der Waals surface area contributed by atoms with Gasteiger partial charge in [-0.3, -0.25) is 9.67 Å². The molecule has 0 atom stereocenters. The van der Waals surface area contributed by atoms with Crippen molar-refractivity contribution in [3.05, 3.63) is 77.1 Å². The molecule has 2 aromatic heterocycles. The Balaban J connectivity index is 1.67. The van der Waals surface area contributed by atoms with Crippen molar-refractivity contribution in [1.29, 1.82) is 0 Å². The van der Waals surface area contributed by atoms with Crippen LogP contribution in [-0.4, -0.2) is 23.2 Å².